The molecule has 2 amide bonds. The van der Waals surface area contributed by atoms with Crippen LogP contribution in [0.15, 0.2) is 53.3 Å². The van der Waals surface area contributed by atoms with Crippen molar-refractivity contribution in [2.24, 2.45) is 5.41 Å². The van der Waals surface area contributed by atoms with Gasteiger partial charge in [-0.05, 0) is 30.0 Å². The summed E-state index contributed by atoms with van der Waals surface area (Å²) in [7, 11) is 0. The lowest BCUT2D eigenvalue weighted by Gasteiger charge is -2.27. The molecule has 1 aliphatic rings. The number of pyridine rings is 1. The number of hydrogen-bond donors (Lipinski definition) is 0. The van der Waals surface area contributed by atoms with Crippen LogP contribution in [-0.4, -0.2) is 27.9 Å². The van der Waals surface area contributed by atoms with Crippen LogP contribution in [-0.2, 0) is 13.1 Å². The van der Waals surface area contributed by atoms with Gasteiger partial charge in [-0.25, -0.2) is 0 Å². The van der Waals surface area contributed by atoms with Crippen LogP contribution < -0.4 is 10.3 Å². The van der Waals surface area contributed by atoms with E-state index >= 15 is 0 Å². The van der Waals surface area contributed by atoms with Crippen molar-refractivity contribution in [3.05, 3.63) is 75.7 Å². The van der Waals surface area contributed by atoms with Gasteiger partial charge in [0.05, 0.1) is 35.4 Å². The van der Waals surface area contributed by atoms with Gasteiger partial charge in [-0.1, -0.05) is 64.4 Å². The first-order chi connectivity index (χ1) is 15.7. The maximum Gasteiger partial charge on any atom is 0.261 e. The molecule has 2 aromatic carbocycles. The lowest BCUT2D eigenvalue weighted by molar-refractivity contribution is 0.0636. The molecular weight excluding hydrogens is 416 g/mol. The number of carbonyl (C=O) groups excluding carboxylic acids is 2. The Bertz CT molecular complexity index is 1250. The molecule has 0 radical (unpaired) electrons. The molecule has 0 spiro atoms. The number of imide groups is 1. The SMILES string of the molecule is CCCCOc1c(CN2C(=O)c3ccccc3C2=O)n(CC(C)(C)C)c(=O)c2ccccc12. The smallest absolute Gasteiger partial charge is 0.261 e. The number of ether oxygens (including phenoxy) is 1. The van der Waals surface area contributed by atoms with Gasteiger partial charge in [0, 0.05) is 11.9 Å². The first kappa shape index (κ1) is 22.8. The average molecular weight is 447 g/mol. The Morgan fingerprint density at radius 2 is 1.42 bits per heavy atom. The van der Waals surface area contributed by atoms with E-state index in [0.29, 0.717) is 46.5 Å². The number of aromatic nitrogens is 1. The second-order valence-corrected chi connectivity index (χ2v) is 9.72. The second kappa shape index (κ2) is 8.85. The summed E-state index contributed by atoms with van der Waals surface area (Å²) < 4.78 is 7.94. The predicted octanol–water partition coefficient (Wildman–Crippen LogP) is 5.02. The van der Waals surface area contributed by atoms with Crippen molar-refractivity contribution in [2.45, 2.75) is 53.6 Å². The largest absolute Gasteiger partial charge is 0.491 e. The molecule has 0 saturated carbocycles. The molecule has 2 heterocycles. The summed E-state index contributed by atoms with van der Waals surface area (Å²) in [6, 6.07) is 14.2. The molecule has 4 rings (SSSR count). The number of nitrogens with zero attached hydrogens (tertiary/aromatic N) is 2. The summed E-state index contributed by atoms with van der Waals surface area (Å²) in [5.41, 5.74) is 0.987. The number of carbonyl (C=O) groups is 2. The van der Waals surface area contributed by atoms with Gasteiger partial charge in [-0.3, -0.25) is 19.3 Å². The van der Waals surface area contributed by atoms with Crippen molar-refractivity contribution in [1.29, 1.82) is 0 Å². The molecule has 0 fully saturated rings. The molecule has 33 heavy (non-hydrogen) atoms. The van der Waals surface area contributed by atoms with Gasteiger partial charge in [0.25, 0.3) is 17.4 Å². The normalized spacial score (nSPS) is 13.6. The highest BCUT2D eigenvalue weighted by Gasteiger charge is 2.37. The van der Waals surface area contributed by atoms with E-state index in [2.05, 4.69) is 27.7 Å². The van der Waals surface area contributed by atoms with Crippen molar-refractivity contribution >= 4 is 22.6 Å². The van der Waals surface area contributed by atoms with Crippen molar-refractivity contribution in [3.8, 4) is 5.75 Å². The standard InChI is InChI=1S/C27H30N2O4/c1-5-6-15-33-23-18-11-7-8-12-19(18)26(32)29(17-27(2,3)4)22(23)16-28-24(30)20-13-9-10-14-21(20)25(28)31/h7-14H,5-6,15-17H2,1-4H3. The van der Waals surface area contributed by atoms with Gasteiger partial charge in [-0.2, -0.15) is 0 Å². The van der Waals surface area contributed by atoms with Crippen LogP contribution in [0.2, 0.25) is 0 Å². The lowest BCUT2D eigenvalue weighted by atomic mass is 9.96. The van der Waals surface area contributed by atoms with E-state index in [0.717, 1.165) is 12.8 Å². The topological polar surface area (TPSA) is 68.6 Å². The predicted molar refractivity (Wildman–Crippen MR) is 129 cm³/mol. The summed E-state index contributed by atoms with van der Waals surface area (Å²) in [4.78, 5) is 41.0. The Hall–Kier alpha value is -3.41. The zero-order valence-corrected chi connectivity index (χ0v) is 19.7. The molecule has 1 aliphatic heterocycles. The highest BCUT2D eigenvalue weighted by molar-refractivity contribution is 6.21. The number of fused-ring (bicyclic) bond motifs is 2. The summed E-state index contributed by atoms with van der Waals surface area (Å²) in [5, 5.41) is 1.27. The monoisotopic (exact) mass is 446 g/mol. The van der Waals surface area contributed by atoms with E-state index in [-0.39, 0.29) is 29.3 Å². The molecule has 0 unspecified atom stereocenters. The molecule has 172 valence electrons. The van der Waals surface area contributed by atoms with Gasteiger partial charge in [0.15, 0.2) is 0 Å². The Balaban J connectivity index is 1.90. The fourth-order valence-corrected chi connectivity index (χ4v) is 4.22. The Morgan fingerprint density at radius 3 is 2.00 bits per heavy atom. The number of amides is 2. The van der Waals surface area contributed by atoms with E-state index < -0.39 is 0 Å². The molecule has 0 N–H and O–H groups in total. The Kier molecular flexibility index (Phi) is 6.11. The second-order valence-electron chi connectivity index (χ2n) is 9.72. The third kappa shape index (κ3) is 4.30. The first-order valence-corrected chi connectivity index (χ1v) is 11.5. The number of rotatable bonds is 7. The van der Waals surface area contributed by atoms with E-state index in [1.807, 2.05) is 18.2 Å². The highest BCUT2D eigenvalue weighted by Crippen LogP contribution is 2.33. The van der Waals surface area contributed by atoms with Crippen LogP contribution in [0, 0.1) is 5.41 Å². The van der Waals surface area contributed by atoms with Crippen LogP contribution in [0.4, 0.5) is 0 Å². The van der Waals surface area contributed by atoms with Crippen LogP contribution in [0.25, 0.3) is 10.8 Å². The van der Waals surface area contributed by atoms with Crippen LogP contribution in [0.1, 0.15) is 66.9 Å². The number of unbranched alkanes of at least 4 members (excludes halogenated alkanes) is 1. The molecular formula is C27H30N2O4. The number of benzene rings is 2. The summed E-state index contributed by atoms with van der Waals surface area (Å²) in [6.45, 7) is 9.14. The molecule has 1 aromatic heterocycles. The molecule has 3 aromatic rings. The fourth-order valence-electron chi connectivity index (χ4n) is 4.22. The van der Waals surface area contributed by atoms with E-state index in [9.17, 15) is 14.4 Å². The molecule has 0 atom stereocenters. The van der Waals surface area contributed by atoms with Gasteiger partial charge in [0.2, 0.25) is 0 Å². The maximum absolute atomic E-state index is 13.6. The van der Waals surface area contributed by atoms with Crippen molar-refractivity contribution < 1.29 is 14.3 Å². The highest BCUT2D eigenvalue weighted by atomic mass is 16.5. The average Bonchev–Trinajstić information content (AvgIpc) is 3.02. The first-order valence-electron chi connectivity index (χ1n) is 11.5. The van der Waals surface area contributed by atoms with Crippen molar-refractivity contribution in [3.63, 3.8) is 0 Å². The minimum Gasteiger partial charge on any atom is -0.491 e. The molecule has 6 heteroatoms. The summed E-state index contributed by atoms with van der Waals surface area (Å²) >= 11 is 0. The van der Waals surface area contributed by atoms with E-state index in [1.165, 1.54) is 4.90 Å². The minimum absolute atomic E-state index is 0.0238. The van der Waals surface area contributed by atoms with Crippen molar-refractivity contribution in [1.82, 2.24) is 9.47 Å². The minimum atomic E-state index is -0.349. The van der Waals surface area contributed by atoms with Gasteiger partial charge < -0.3 is 9.30 Å². The van der Waals surface area contributed by atoms with Crippen LogP contribution >= 0.6 is 0 Å². The van der Waals surface area contributed by atoms with Crippen LogP contribution in [0.3, 0.4) is 0 Å². The van der Waals surface area contributed by atoms with Crippen LogP contribution in [0.5, 0.6) is 5.75 Å². The maximum atomic E-state index is 13.6. The van der Waals surface area contributed by atoms with Crippen molar-refractivity contribution in [2.75, 3.05) is 6.61 Å². The molecule has 6 nitrogen and oxygen atoms in total. The fraction of sp³-hybridized carbons (Fsp3) is 0.370. The zero-order chi connectivity index (χ0) is 23.8. The molecule has 0 saturated heterocycles. The summed E-state index contributed by atoms with van der Waals surface area (Å²) in [5.74, 6) is -0.129. The Labute approximate surface area is 193 Å². The number of hydrogen-bond acceptors (Lipinski definition) is 4. The van der Waals surface area contributed by atoms with E-state index in [4.69, 9.17) is 4.74 Å². The molecule has 0 aliphatic carbocycles. The quantitative estimate of drug-likeness (QED) is 0.377. The zero-order valence-electron chi connectivity index (χ0n) is 19.7. The third-order valence-corrected chi connectivity index (χ3v) is 5.80. The summed E-state index contributed by atoms with van der Waals surface area (Å²) in [6.07, 6.45) is 1.83. The van der Waals surface area contributed by atoms with Gasteiger partial charge in [-0.15, -0.1) is 0 Å². The Morgan fingerprint density at radius 1 is 0.848 bits per heavy atom. The third-order valence-electron chi connectivity index (χ3n) is 5.80. The van der Waals surface area contributed by atoms with Gasteiger partial charge in [0.1, 0.15) is 5.75 Å². The molecule has 0 bridgehead atoms. The van der Waals surface area contributed by atoms with E-state index in [1.54, 1.807) is 34.9 Å². The lowest BCUT2D eigenvalue weighted by Crippen LogP contribution is -2.36. The van der Waals surface area contributed by atoms with Gasteiger partial charge >= 0.3 is 0 Å².